The van der Waals surface area contributed by atoms with Crippen LogP contribution in [0.1, 0.15) is 69.1 Å². The van der Waals surface area contributed by atoms with E-state index in [4.69, 9.17) is 5.73 Å². The summed E-state index contributed by atoms with van der Waals surface area (Å²) in [6, 6.07) is 8.21. The van der Waals surface area contributed by atoms with Crippen LogP contribution in [0.3, 0.4) is 0 Å². The number of primary amides is 1. The fourth-order valence-corrected chi connectivity index (χ4v) is 4.51. The van der Waals surface area contributed by atoms with Gasteiger partial charge in [0.2, 0.25) is 5.91 Å². The molecule has 1 amide bonds. The van der Waals surface area contributed by atoms with Gasteiger partial charge in [0.1, 0.15) is 0 Å². The van der Waals surface area contributed by atoms with Gasteiger partial charge in [0.05, 0.1) is 0 Å². The summed E-state index contributed by atoms with van der Waals surface area (Å²) in [6.45, 7) is 5.70. The maximum atomic E-state index is 11.4. The van der Waals surface area contributed by atoms with E-state index in [0.29, 0.717) is 6.04 Å². The van der Waals surface area contributed by atoms with Crippen LogP contribution in [0.25, 0.3) is 0 Å². The van der Waals surface area contributed by atoms with E-state index in [-0.39, 0.29) is 11.8 Å². The predicted molar refractivity (Wildman–Crippen MR) is 98.7 cm³/mol. The summed E-state index contributed by atoms with van der Waals surface area (Å²) in [4.78, 5) is 14.1. The number of nitrogens with zero attached hydrogens (tertiary/aromatic N) is 1. The third-order valence-corrected chi connectivity index (χ3v) is 5.97. The van der Waals surface area contributed by atoms with Crippen LogP contribution >= 0.6 is 0 Å². The van der Waals surface area contributed by atoms with Gasteiger partial charge in [0, 0.05) is 24.5 Å². The second-order valence-electron chi connectivity index (χ2n) is 8.00. The van der Waals surface area contributed by atoms with Crippen LogP contribution in [0.4, 0.5) is 0 Å². The first kappa shape index (κ1) is 17.5. The number of carbonyl (C=O) groups is 1. The molecule has 1 fully saturated rings. The average Bonchev–Trinajstić information content (AvgIpc) is 2.59. The predicted octanol–water partition coefficient (Wildman–Crippen LogP) is 3.82. The van der Waals surface area contributed by atoms with Crippen LogP contribution in [-0.4, -0.2) is 22.9 Å². The number of aryl methyl sites for hydroxylation is 1. The molecule has 1 atom stereocenters. The van der Waals surface area contributed by atoms with Gasteiger partial charge in [-0.05, 0) is 62.6 Å². The summed E-state index contributed by atoms with van der Waals surface area (Å²) in [5, 5.41) is 0. The topological polar surface area (TPSA) is 46.3 Å². The molecular formula is C21H32N2O. The minimum Gasteiger partial charge on any atom is -0.369 e. The molecule has 0 aliphatic heterocycles. The lowest BCUT2D eigenvalue weighted by atomic mass is 9.82. The number of hydrogen-bond donors (Lipinski definition) is 1. The number of fused-ring (bicyclic) bond motifs is 1. The van der Waals surface area contributed by atoms with Crippen molar-refractivity contribution in [3.63, 3.8) is 0 Å². The Morgan fingerprint density at radius 2 is 1.92 bits per heavy atom. The lowest BCUT2D eigenvalue weighted by molar-refractivity contribution is -0.122. The van der Waals surface area contributed by atoms with Gasteiger partial charge in [0.15, 0.2) is 0 Å². The monoisotopic (exact) mass is 328 g/mol. The first-order chi connectivity index (χ1) is 11.5. The Labute approximate surface area is 146 Å². The number of hydrogen-bond acceptors (Lipinski definition) is 2. The van der Waals surface area contributed by atoms with Crippen LogP contribution in [0, 0.1) is 5.92 Å². The molecule has 0 bridgehead atoms. The van der Waals surface area contributed by atoms with E-state index in [9.17, 15) is 4.79 Å². The number of rotatable bonds is 5. The molecule has 0 radical (unpaired) electrons. The third-order valence-electron chi connectivity index (χ3n) is 5.97. The fourth-order valence-electron chi connectivity index (χ4n) is 4.51. The first-order valence-corrected chi connectivity index (χ1v) is 9.70. The largest absolute Gasteiger partial charge is 0.369 e. The zero-order valence-corrected chi connectivity index (χ0v) is 15.3. The van der Waals surface area contributed by atoms with Crippen LogP contribution in [0.2, 0.25) is 0 Å². The van der Waals surface area contributed by atoms with Gasteiger partial charge >= 0.3 is 0 Å². The highest BCUT2D eigenvalue weighted by molar-refractivity contribution is 5.77. The highest BCUT2D eigenvalue weighted by Crippen LogP contribution is 2.29. The van der Waals surface area contributed by atoms with Crippen molar-refractivity contribution in [2.24, 2.45) is 11.7 Å². The fraction of sp³-hybridized carbons (Fsp3) is 0.667. The number of amides is 1. The van der Waals surface area contributed by atoms with E-state index in [1.165, 1.54) is 48.8 Å². The Morgan fingerprint density at radius 3 is 2.58 bits per heavy atom. The Hall–Kier alpha value is -1.35. The first-order valence-electron chi connectivity index (χ1n) is 9.70. The summed E-state index contributed by atoms with van der Waals surface area (Å²) in [7, 11) is 0. The Balaban J connectivity index is 1.71. The quantitative estimate of drug-likeness (QED) is 0.893. The van der Waals surface area contributed by atoms with Gasteiger partial charge in [-0.2, -0.15) is 0 Å². The summed E-state index contributed by atoms with van der Waals surface area (Å²) in [6.07, 6.45) is 9.58. The summed E-state index contributed by atoms with van der Waals surface area (Å²) < 4.78 is 0. The molecule has 1 unspecified atom stereocenters. The molecule has 0 heterocycles. The molecule has 132 valence electrons. The van der Waals surface area contributed by atoms with Gasteiger partial charge in [-0.25, -0.2) is 0 Å². The molecule has 0 spiro atoms. The molecule has 0 aromatic heterocycles. The molecule has 2 aliphatic carbocycles. The lowest BCUT2D eigenvalue weighted by Gasteiger charge is -2.37. The molecule has 24 heavy (non-hydrogen) atoms. The summed E-state index contributed by atoms with van der Waals surface area (Å²) in [5.74, 6) is -0.120. The Bertz CT molecular complexity index is 575. The zero-order chi connectivity index (χ0) is 17.1. The molecule has 3 rings (SSSR count). The van der Waals surface area contributed by atoms with Crippen LogP contribution < -0.4 is 5.73 Å². The van der Waals surface area contributed by atoms with E-state index in [2.05, 4.69) is 36.9 Å². The molecule has 2 aliphatic rings. The Kier molecular flexibility index (Phi) is 5.60. The minimum atomic E-state index is -0.145. The summed E-state index contributed by atoms with van der Waals surface area (Å²) in [5.41, 5.74) is 9.66. The van der Waals surface area contributed by atoms with Gasteiger partial charge < -0.3 is 5.73 Å². The van der Waals surface area contributed by atoms with Crippen molar-refractivity contribution in [3.8, 4) is 0 Å². The molecule has 1 aromatic carbocycles. The van der Waals surface area contributed by atoms with Gasteiger partial charge in [-0.1, -0.05) is 37.5 Å². The number of benzene rings is 1. The molecule has 3 heteroatoms. The second kappa shape index (κ2) is 7.69. The highest BCUT2D eigenvalue weighted by Gasteiger charge is 2.25. The van der Waals surface area contributed by atoms with Crippen molar-refractivity contribution < 1.29 is 4.79 Å². The van der Waals surface area contributed by atoms with Crippen molar-refractivity contribution in [2.75, 3.05) is 0 Å². The molecule has 3 nitrogen and oxygen atoms in total. The standard InChI is InChI=1S/C21H32N2O/c1-15(2)23(20-6-4-3-5-7-20)14-16-8-9-18-13-19(21(22)24)11-10-17(18)12-16/h8-9,12,15,19-20H,3-7,10-11,13-14H2,1-2H3,(H2,22,24). The maximum Gasteiger partial charge on any atom is 0.220 e. The lowest BCUT2D eigenvalue weighted by Crippen LogP contribution is -2.41. The molecule has 1 aromatic rings. The third kappa shape index (κ3) is 4.00. The van der Waals surface area contributed by atoms with Crippen LogP contribution in [-0.2, 0) is 24.2 Å². The van der Waals surface area contributed by atoms with Gasteiger partial charge in [-0.15, -0.1) is 0 Å². The zero-order valence-electron chi connectivity index (χ0n) is 15.3. The van der Waals surface area contributed by atoms with E-state index in [1.807, 2.05) is 0 Å². The molecule has 2 N–H and O–H groups in total. The maximum absolute atomic E-state index is 11.4. The van der Waals surface area contributed by atoms with E-state index < -0.39 is 0 Å². The number of carbonyl (C=O) groups excluding carboxylic acids is 1. The smallest absolute Gasteiger partial charge is 0.220 e. The van der Waals surface area contributed by atoms with Gasteiger partial charge in [0.25, 0.3) is 0 Å². The Morgan fingerprint density at radius 1 is 1.17 bits per heavy atom. The SMILES string of the molecule is CC(C)N(Cc1ccc2c(c1)CCC(C(N)=O)C2)C1CCCCC1. The van der Waals surface area contributed by atoms with Crippen molar-refractivity contribution in [3.05, 3.63) is 34.9 Å². The average molecular weight is 329 g/mol. The van der Waals surface area contributed by atoms with Crippen molar-refractivity contribution in [2.45, 2.75) is 83.8 Å². The molecule has 1 saturated carbocycles. The minimum absolute atomic E-state index is 0.0257. The van der Waals surface area contributed by atoms with Crippen LogP contribution in [0.15, 0.2) is 18.2 Å². The molecular weight excluding hydrogens is 296 g/mol. The van der Waals surface area contributed by atoms with Gasteiger partial charge in [-0.3, -0.25) is 9.69 Å². The van der Waals surface area contributed by atoms with Crippen molar-refractivity contribution in [1.82, 2.24) is 4.90 Å². The van der Waals surface area contributed by atoms with E-state index in [1.54, 1.807) is 0 Å². The van der Waals surface area contributed by atoms with Crippen molar-refractivity contribution >= 4 is 5.91 Å². The normalized spacial score (nSPS) is 21.9. The van der Waals surface area contributed by atoms with Crippen molar-refractivity contribution in [1.29, 1.82) is 0 Å². The second-order valence-corrected chi connectivity index (χ2v) is 8.00. The van der Waals surface area contributed by atoms with Crippen LogP contribution in [0.5, 0.6) is 0 Å². The number of nitrogens with two attached hydrogens (primary N) is 1. The molecule has 0 saturated heterocycles. The highest BCUT2D eigenvalue weighted by atomic mass is 16.1. The summed E-state index contributed by atoms with van der Waals surface area (Å²) >= 11 is 0. The van der Waals surface area contributed by atoms with E-state index >= 15 is 0 Å². The van der Waals surface area contributed by atoms with E-state index in [0.717, 1.165) is 31.8 Å².